The first-order chi connectivity index (χ1) is 7.95. The molecule has 0 amide bonds. The first kappa shape index (κ1) is 14.9. The lowest BCUT2D eigenvalue weighted by Gasteiger charge is -2.37. The molecule has 0 radical (unpaired) electrons. The smallest absolute Gasteiger partial charge is 0.0673 e. The van der Waals surface area contributed by atoms with Gasteiger partial charge in [0.15, 0.2) is 0 Å². The highest BCUT2D eigenvalue weighted by Gasteiger charge is 2.29. The van der Waals surface area contributed by atoms with Crippen LogP contribution >= 0.6 is 0 Å². The van der Waals surface area contributed by atoms with E-state index in [9.17, 15) is 0 Å². The number of ether oxygens (including phenoxy) is 1. The van der Waals surface area contributed by atoms with Crippen molar-refractivity contribution in [1.29, 1.82) is 0 Å². The van der Waals surface area contributed by atoms with Crippen LogP contribution in [0.2, 0.25) is 0 Å². The highest BCUT2D eigenvalue weighted by molar-refractivity contribution is 4.84. The predicted octanol–water partition coefficient (Wildman–Crippen LogP) is 2.12. The molecule has 0 aromatic rings. The standard InChI is InChI=1S/C14H30N2O/c1-6-15-13(3)14(4,5)11-16-8-7-9-17-12(2)10-16/h12-13,15H,6-11H2,1-5H3. The Bertz CT molecular complexity index is 218. The maximum Gasteiger partial charge on any atom is 0.0673 e. The van der Waals surface area contributed by atoms with Crippen molar-refractivity contribution < 1.29 is 4.74 Å². The summed E-state index contributed by atoms with van der Waals surface area (Å²) >= 11 is 0. The van der Waals surface area contributed by atoms with E-state index in [4.69, 9.17) is 4.74 Å². The molecule has 102 valence electrons. The summed E-state index contributed by atoms with van der Waals surface area (Å²) in [7, 11) is 0. The average molecular weight is 242 g/mol. The van der Waals surface area contributed by atoms with Crippen molar-refractivity contribution in [3.05, 3.63) is 0 Å². The molecule has 1 fully saturated rings. The highest BCUT2D eigenvalue weighted by atomic mass is 16.5. The van der Waals surface area contributed by atoms with E-state index in [1.807, 2.05) is 0 Å². The van der Waals surface area contributed by atoms with Crippen LogP contribution in [-0.4, -0.2) is 49.8 Å². The van der Waals surface area contributed by atoms with Gasteiger partial charge in [0, 0.05) is 32.3 Å². The van der Waals surface area contributed by atoms with Crippen LogP contribution in [0, 0.1) is 5.41 Å². The molecule has 0 saturated carbocycles. The summed E-state index contributed by atoms with van der Waals surface area (Å²) in [6, 6.07) is 0.548. The Morgan fingerprint density at radius 2 is 2.18 bits per heavy atom. The van der Waals surface area contributed by atoms with Gasteiger partial charge in [-0.05, 0) is 32.2 Å². The van der Waals surface area contributed by atoms with Crippen LogP contribution in [0.25, 0.3) is 0 Å². The Hall–Kier alpha value is -0.120. The van der Waals surface area contributed by atoms with Crippen LogP contribution in [0.3, 0.4) is 0 Å². The van der Waals surface area contributed by atoms with Gasteiger partial charge in [-0.3, -0.25) is 0 Å². The van der Waals surface area contributed by atoms with Gasteiger partial charge in [-0.1, -0.05) is 20.8 Å². The van der Waals surface area contributed by atoms with Gasteiger partial charge in [0.2, 0.25) is 0 Å². The first-order valence-corrected chi connectivity index (χ1v) is 7.03. The average Bonchev–Trinajstić information content (AvgIpc) is 2.42. The van der Waals surface area contributed by atoms with Crippen molar-refractivity contribution in [2.24, 2.45) is 5.41 Å². The van der Waals surface area contributed by atoms with E-state index in [0.717, 1.165) is 32.7 Å². The lowest BCUT2D eigenvalue weighted by Crippen LogP contribution is -2.47. The fourth-order valence-electron chi connectivity index (χ4n) is 2.52. The summed E-state index contributed by atoms with van der Waals surface area (Å²) in [6.45, 7) is 16.7. The molecule has 1 aliphatic heterocycles. The van der Waals surface area contributed by atoms with Crippen LogP contribution in [0.4, 0.5) is 0 Å². The Kier molecular flexibility index (Phi) is 5.90. The Labute approximate surface area is 107 Å². The van der Waals surface area contributed by atoms with E-state index < -0.39 is 0 Å². The normalized spacial score (nSPS) is 25.6. The van der Waals surface area contributed by atoms with Crippen molar-refractivity contribution >= 4 is 0 Å². The van der Waals surface area contributed by atoms with Crippen LogP contribution in [0.5, 0.6) is 0 Å². The highest BCUT2D eigenvalue weighted by Crippen LogP contribution is 2.23. The number of hydrogen-bond acceptors (Lipinski definition) is 3. The topological polar surface area (TPSA) is 24.5 Å². The summed E-state index contributed by atoms with van der Waals surface area (Å²) < 4.78 is 5.70. The van der Waals surface area contributed by atoms with Gasteiger partial charge in [-0.2, -0.15) is 0 Å². The van der Waals surface area contributed by atoms with Crippen molar-refractivity contribution in [2.75, 3.05) is 32.8 Å². The number of hydrogen-bond donors (Lipinski definition) is 1. The molecule has 0 bridgehead atoms. The fraction of sp³-hybridized carbons (Fsp3) is 1.00. The molecule has 0 aromatic heterocycles. The molecule has 1 aliphatic rings. The zero-order chi connectivity index (χ0) is 12.9. The monoisotopic (exact) mass is 242 g/mol. The van der Waals surface area contributed by atoms with E-state index in [1.54, 1.807) is 0 Å². The molecule has 1 saturated heterocycles. The minimum absolute atomic E-state index is 0.306. The van der Waals surface area contributed by atoms with Crippen LogP contribution in [-0.2, 0) is 4.74 Å². The molecular formula is C14H30N2O. The van der Waals surface area contributed by atoms with Crippen LogP contribution in [0.1, 0.15) is 41.0 Å². The minimum Gasteiger partial charge on any atom is -0.377 e. The molecule has 1 N–H and O–H groups in total. The summed E-state index contributed by atoms with van der Waals surface area (Å²) in [5, 5.41) is 3.54. The van der Waals surface area contributed by atoms with E-state index in [2.05, 4.69) is 44.8 Å². The summed E-state index contributed by atoms with van der Waals surface area (Å²) in [4.78, 5) is 2.56. The third-order valence-corrected chi connectivity index (χ3v) is 3.85. The molecule has 17 heavy (non-hydrogen) atoms. The van der Waals surface area contributed by atoms with Gasteiger partial charge in [0.05, 0.1) is 6.10 Å². The Morgan fingerprint density at radius 1 is 1.47 bits per heavy atom. The quantitative estimate of drug-likeness (QED) is 0.799. The zero-order valence-electron chi connectivity index (χ0n) is 12.3. The number of nitrogens with zero attached hydrogens (tertiary/aromatic N) is 1. The molecule has 1 heterocycles. The molecule has 0 aliphatic carbocycles. The van der Waals surface area contributed by atoms with Gasteiger partial charge in [-0.25, -0.2) is 0 Å². The molecule has 2 atom stereocenters. The number of rotatable bonds is 5. The molecular weight excluding hydrogens is 212 g/mol. The maximum absolute atomic E-state index is 5.70. The van der Waals surface area contributed by atoms with Crippen molar-refractivity contribution in [2.45, 2.75) is 53.2 Å². The molecule has 0 aromatic carbocycles. The second-order valence-corrected chi connectivity index (χ2v) is 6.04. The first-order valence-electron chi connectivity index (χ1n) is 7.03. The predicted molar refractivity (Wildman–Crippen MR) is 73.4 cm³/mol. The fourth-order valence-corrected chi connectivity index (χ4v) is 2.52. The Morgan fingerprint density at radius 3 is 2.82 bits per heavy atom. The van der Waals surface area contributed by atoms with E-state index in [0.29, 0.717) is 17.6 Å². The lowest BCUT2D eigenvalue weighted by atomic mass is 9.84. The third kappa shape index (κ3) is 4.94. The molecule has 0 spiro atoms. The van der Waals surface area contributed by atoms with Gasteiger partial charge in [0.1, 0.15) is 0 Å². The number of nitrogens with one attached hydrogen (secondary N) is 1. The second-order valence-electron chi connectivity index (χ2n) is 6.04. The SMILES string of the molecule is CCNC(C)C(C)(C)CN1CCCOC(C)C1. The summed E-state index contributed by atoms with van der Waals surface area (Å²) in [5.41, 5.74) is 0.306. The van der Waals surface area contributed by atoms with Gasteiger partial charge in [0.25, 0.3) is 0 Å². The van der Waals surface area contributed by atoms with Gasteiger partial charge in [-0.15, -0.1) is 0 Å². The van der Waals surface area contributed by atoms with Crippen molar-refractivity contribution in [1.82, 2.24) is 10.2 Å². The minimum atomic E-state index is 0.306. The van der Waals surface area contributed by atoms with Crippen LogP contribution in [0.15, 0.2) is 0 Å². The van der Waals surface area contributed by atoms with E-state index >= 15 is 0 Å². The molecule has 1 rings (SSSR count). The maximum atomic E-state index is 5.70. The van der Waals surface area contributed by atoms with E-state index in [1.165, 1.54) is 6.54 Å². The van der Waals surface area contributed by atoms with Crippen molar-refractivity contribution in [3.63, 3.8) is 0 Å². The molecule has 3 nitrogen and oxygen atoms in total. The van der Waals surface area contributed by atoms with Crippen molar-refractivity contribution in [3.8, 4) is 0 Å². The van der Waals surface area contributed by atoms with Crippen LogP contribution < -0.4 is 5.32 Å². The van der Waals surface area contributed by atoms with E-state index in [-0.39, 0.29) is 0 Å². The second kappa shape index (κ2) is 6.72. The molecule has 2 unspecified atom stereocenters. The summed E-state index contributed by atoms with van der Waals surface area (Å²) in [6.07, 6.45) is 1.54. The van der Waals surface area contributed by atoms with Gasteiger partial charge < -0.3 is 15.0 Å². The lowest BCUT2D eigenvalue weighted by molar-refractivity contribution is 0.0587. The molecule has 3 heteroatoms. The van der Waals surface area contributed by atoms with Gasteiger partial charge >= 0.3 is 0 Å². The summed E-state index contributed by atoms with van der Waals surface area (Å²) in [5.74, 6) is 0. The third-order valence-electron chi connectivity index (χ3n) is 3.85. The largest absolute Gasteiger partial charge is 0.377 e. The Balaban J connectivity index is 2.49. The zero-order valence-corrected chi connectivity index (χ0v) is 12.3.